The lowest BCUT2D eigenvalue weighted by Crippen LogP contribution is -2.53. The van der Waals surface area contributed by atoms with E-state index in [1.54, 1.807) is 6.92 Å². The number of carboxylic acids is 1. The lowest BCUT2D eigenvalue weighted by atomic mass is 10.0. The molecule has 0 aromatic carbocycles. The number of hydrogen-bond donors (Lipinski definition) is 2. The fourth-order valence-electron chi connectivity index (χ4n) is 0.878. The van der Waals surface area contributed by atoms with Gasteiger partial charge in [0.15, 0.2) is 0 Å². The second kappa shape index (κ2) is 5.11. The molecule has 4 heteroatoms. The fourth-order valence-corrected chi connectivity index (χ4v) is 0.878. The zero-order valence-electron chi connectivity index (χ0n) is 7.89. The highest BCUT2D eigenvalue weighted by Crippen LogP contribution is 2.04. The molecule has 0 radical (unpaired) electrons. The van der Waals surface area contributed by atoms with Crippen LogP contribution in [0.1, 0.15) is 20.3 Å². The molecular weight excluding hydrogens is 158 g/mol. The summed E-state index contributed by atoms with van der Waals surface area (Å²) in [5, 5.41) is 11.8. The summed E-state index contributed by atoms with van der Waals surface area (Å²) in [5.74, 6) is -0.877. The number of nitrogens with one attached hydrogen (secondary N) is 1. The molecule has 0 aromatic rings. The molecule has 72 valence electrons. The molecule has 0 aliphatic rings. The Kier molecular flexibility index (Phi) is 4.85. The van der Waals surface area contributed by atoms with E-state index in [9.17, 15) is 4.79 Å². The van der Waals surface area contributed by atoms with Crippen molar-refractivity contribution in [3.05, 3.63) is 0 Å². The van der Waals surface area contributed by atoms with Crippen LogP contribution in [-0.4, -0.2) is 36.9 Å². The van der Waals surface area contributed by atoms with Crippen molar-refractivity contribution >= 4 is 5.97 Å². The molecule has 0 fully saturated rings. The quantitative estimate of drug-likeness (QED) is 0.616. The molecule has 0 rings (SSSR count). The number of aliphatic carboxylic acids is 1. The largest absolute Gasteiger partial charge is 0.480 e. The van der Waals surface area contributed by atoms with E-state index in [1.165, 1.54) is 7.11 Å². The van der Waals surface area contributed by atoms with Gasteiger partial charge in [-0.3, -0.25) is 4.79 Å². The lowest BCUT2D eigenvalue weighted by molar-refractivity contribution is -0.146. The molecule has 0 amide bonds. The molecule has 2 N–H and O–H groups in total. The van der Waals surface area contributed by atoms with E-state index in [0.717, 1.165) is 6.42 Å². The number of rotatable bonds is 6. The van der Waals surface area contributed by atoms with Crippen molar-refractivity contribution < 1.29 is 14.6 Å². The lowest BCUT2D eigenvalue weighted by Gasteiger charge is -2.24. The summed E-state index contributed by atoms with van der Waals surface area (Å²) in [5.41, 5.74) is -0.954. The van der Waals surface area contributed by atoms with E-state index in [2.05, 4.69) is 5.32 Å². The van der Waals surface area contributed by atoms with Crippen LogP contribution in [0.25, 0.3) is 0 Å². The van der Waals surface area contributed by atoms with Gasteiger partial charge in [0, 0.05) is 7.11 Å². The fraction of sp³-hybridized carbons (Fsp3) is 0.875. The monoisotopic (exact) mass is 175 g/mol. The Morgan fingerprint density at radius 1 is 1.67 bits per heavy atom. The van der Waals surface area contributed by atoms with Gasteiger partial charge in [0.05, 0.1) is 6.61 Å². The topological polar surface area (TPSA) is 58.6 Å². The van der Waals surface area contributed by atoms with E-state index >= 15 is 0 Å². The highest BCUT2D eigenvalue weighted by Gasteiger charge is 2.31. The van der Waals surface area contributed by atoms with Gasteiger partial charge in [-0.15, -0.1) is 0 Å². The van der Waals surface area contributed by atoms with E-state index in [-0.39, 0.29) is 6.61 Å². The molecule has 0 heterocycles. The summed E-state index contributed by atoms with van der Waals surface area (Å²) in [6.45, 7) is 4.48. The van der Waals surface area contributed by atoms with E-state index < -0.39 is 11.5 Å². The molecule has 1 atom stereocenters. The molecule has 0 bridgehead atoms. The predicted molar refractivity (Wildman–Crippen MR) is 46.2 cm³/mol. The molecule has 0 spiro atoms. The van der Waals surface area contributed by atoms with Crippen molar-refractivity contribution in [2.24, 2.45) is 0 Å². The minimum Gasteiger partial charge on any atom is -0.480 e. The van der Waals surface area contributed by atoms with Crippen LogP contribution in [0.4, 0.5) is 0 Å². The standard InChI is InChI=1S/C8H17NO3/c1-4-5-9-8(2,6-12-3)7(10)11/h9H,4-6H2,1-3H3,(H,10,11). The summed E-state index contributed by atoms with van der Waals surface area (Å²) in [7, 11) is 1.49. The van der Waals surface area contributed by atoms with E-state index in [4.69, 9.17) is 9.84 Å². The minimum absolute atomic E-state index is 0.183. The molecule has 0 saturated heterocycles. The SMILES string of the molecule is CCCNC(C)(COC)C(=O)O. The summed E-state index contributed by atoms with van der Waals surface area (Å²) < 4.78 is 4.82. The Balaban J connectivity index is 4.08. The maximum absolute atomic E-state index is 10.8. The van der Waals surface area contributed by atoms with Gasteiger partial charge in [0.2, 0.25) is 0 Å². The maximum atomic E-state index is 10.8. The maximum Gasteiger partial charge on any atom is 0.326 e. The van der Waals surface area contributed by atoms with Gasteiger partial charge < -0.3 is 15.2 Å². The van der Waals surface area contributed by atoms with Crippen LogP contribution in [0.5, 0.6) is 0 Å². The van der Waals surface area contributed by atoms with Gasteiger partial charge in [-0.2, -0.15) is 0 Å². The van der Waals surface area contributed by atoms with E-state index in [0.29, 0.717) is 6.54 Å². The summed E-state index contributed by atoms with van der Waals surface area (Å²) in [4.78, 5) is 10.8. The van der Waals surface area contributed by atoms with Gasteiger partial charge in [0.1, 0.15) is 5.54 Å². The number of hydrogen-bond acceptors (Lipinski definition) is 3. The normalized spacial score (nSPS) is 15.6. The van der Waals surface area contributed by atoms with E-state index in [1.807, 2.05) is 6.92 Å². The van der Waals surface area contributed by atoms with Crippen LogP contribution in [0.2, 0.25) is 0 Å². The first-order valence-electron chi connectivity index (χ1n) is 4.04. The highest BCUT2D eigenvalue weighted by atomic mass is 16.5. The van der Waals surface area contributed by atoms with Crippen molar-refractivity contribution in [1.82, 2.24) is 5.32 Å². The van der Waals surface area contributed by atoms with Crippen LogP contribution in [0.3, 0.4) is 0 Å². The third-order valence-electron chi connectivity index (χ3n) is 1.67. The molecule has 0 saturated carbocycles. The number of methoxy groups -OCH3 is 1. The third kappa shape index (κ3) is 3.19. The first-order chi connectivity index (χ1) is 5.56. The Bertz CT molecular complexity index is 149. The molecule has 0 aliphatic heterocycles. The highest BCUT2D eigenvalue weighted by molar-refractivity contribution is 5.78. The van der Waals surface area contributed by atoms with Gasteiger partial charge in [-0.1, -0.05) is 6.92 Å². The van der Waals surface area contributed by atoms with Gasteiger partial charge in [-0.05, 0) is 19.9 Å². The number of carbonyl (C=O) groups is 1. The molecule has 0 aliphatic carbocycles. The van der Waals surface area contributed by atoms with Crippen molar-refractivity contribution in [2.45, 2.75) is 25.8 Å². The zero-order chi connectivity index (χ0) is 9.61. The summed E-state index contributed by atoms with van der Waals surface area (Å²) in [6.07, 6.45) is 0.909. The van der Waals surface area contributed by atoms with Crippen LogP contribution in [0, 0.1) is 0 Å². The average Bonchev–Trinajstić information content (AvgIpc) is 2.01. The van der Waals surface area contributed by atoms with Crippen molar-refractivity contribution in [1.29, 1.82) is 0 Å². The molecule has 4 nitrogen and oxygen atoms in total. The zero-order valence-corrected chi connectivity index (χ0v) is 7.89. The number of ether oxygens (including phenoxy) is 1. The molecule has 0 aromatic heterocycles. The van der Waals surface area contributed by atoms with Crippen LogP contribution in [-0.2, 0) is 9.53 Å². The average molecular weight is 175 g/mol. The van der Waals surface area contributed by atoms with Crippen molar-refractivity contribution in [2.75, 3.05) is 20.3 Å². The minimum atomic E-state index is -0.954. The summed E-state index contributed by atoms with van der Waals surface area (Å²) >= 11 is 0. The molecule has 1 unspecified atom stereocenters. The Morgan fingerprint density at radius 3 is 2.58 bits per heavy atom. The number of carboxylic acid groups (broad SMARTS) is 1. The third-order valence-corrected chi connectivity index (χ3v) is 1.67. The van der Waals surface area contributed by atoms with Gasteiger partial charge in [-0.25, -0.2) is 0 Å². The Labute approximate surface area is 72.9 Å². The first-order valence-corrected chi connectivity index (χ1v) is 4.04. The van der Waals surface area contributed by atoms with Crippen molar-refractivity contribution in [3.63, 3.8) is 0 Å². The predicted octanol–water partition coefficient (Wildman–Crippen LogP) is 0.476. The second-order valence-electron chi connectivity index (χ2n) is 3.00. The molecule has 12 heavy (non-hydrogen) atoms. The van der Waals surface area contributed by atoms with Crippen LogP contribution >= 0.6 is 0 Å². The first kappa shape index (κ1) is 11.4. The van der Waals surface area contributed by atoms with Crippen LogP contribution in [0.15, 0.2) is 0 Å². The van der Waals surface area contributed by atoms with Crippen LogP contribution < -0.4 is 5.32 Å². The van der Waals surface area contributed by atoms with Crippen molar-refractivity contribution in [3.8, 4) is 0 Å². The Morgan fingerprint density at radius 2 is 2.25 bits per heavy atom. The summed E-state index contributed by atoms with van der Waals surface area (Å²) in [6, 6.07) is 0. The van der Waals surface area contributed by atoms with Gasteiger partial charge >= 0.3 is 5.97 Å². The smallest absolute Gasteiger partial charge is 0.326 e. The Hall–Kier alpha value is -0.610. The van der Waals surface area contributed by atoms with Gasteiger partial charge in [0.25, 0.3) is 0 Å². The second-order valence-corrected chi connectivity index (χ2v) is 3.00. The molecular formula is C8H17NO3.